The van der Waals surface area contributed by atoms with E-state index in [0.29, 0.717) is 0 Å². The van der Waals surface area contributed by atoms with Crippen molar-refractivity contribution < 1.29 is 8.83 Å². The summed E-state index contributed by atoms with van der Waals surface area (Å²) in [4.78, 5) is 2.38. The molecule has 0 aliphatic rings. The summed E-state index contributed by atoms with van der Waals surface area (Å²) >= 11 is 0. The quantitative estimate of drug-likeness (QED) is 0.173. The highest BCUT2D eigenvalue weighted by molar-refractivity contribution is 6.23. The smallest absolute Gasteiger partial charge is 0.159 e. The van der Waals surface area contributed by atoms with Gasteiger partial charge in [-0.3, -0.25) is 0 Å². The van der Waals surface area contributed by atoms with Gasteiger partial charge in [-0.2, -0.15) is 0 Å². The van der Waals surface area contributed by atoms with E-state index in [4.69, 9.17) is 8.83 Å². The Hall–Kier alpha value is -7.36. The Morgan fingerprint density at radius 3 is 1.69 bits per heavy atom. The van der Waals surface area contributed by atoms with Gasteiger partial charge in [0.05, 0.1) is 22.4 Å². The molecule has 55 heavy (non-hydrogen) atoms. The van der Waals surface area contributed by atoms with E-state index < -0.39 is 0 Å². The second-order valence-electron chi connectivity index (χ2n) is 14.0. The van der Waals surface area contributed by atoms with Crippen LogP contribution in [0.25, 0.3) is 88.0 Å². The topological polar surface area (TPSA) is 29.5 Å². The molecule has 0 radical (unpaired) electrons. The minimum Gasteiger partial charge on any atom is -0.455 e. The average Bonchev–Trinajstić information content (AvgIpc) is 3.84. The minimum absolute atomic E-state index is 0.827. The largest absolute Gasteiger partial charge is 0.455 e. The predicted octanol–water partition coefficient (Wildman–Crippen LogP) is 15.1. The first-order chi connectivity index (χ1) is 27.3. The summed E-state index contributed by atoms with van der Waals surface area (Å²) in [6.07, 6.45) is 0. The first kappa shape index (κ1) is 31.2. The molecule has 0 spiro atoms. The van der Waals surface area contributed by atoms with Crippen LogP contribution < -0.4 is 4.90 Å². The van der Waals surface area contributed by atoms with Crippen molar-refractivity contribution in [2.24, 2.45) is 0 Å². The number of fused-ring (bicyclic) bond motifs is 8. The van der Waals surface area contributed by atoms with Crippen molar-refractivity contribution in [2.45, 2.75) is 0 Å². The molecule has 3 nitrogen and oxygen atoms in total. The molecule has 0 N–H and O–H groups in total. The molecule has 0 aliphatic carbocycles. The van der Waals surface area contributed by atoms with E-state index in [0.717, 1.165) is 82.8 Å². The molecule has 11 rings (SSSR count). The maximum Gasteiger partial charge on any atom is 0.159 e. The van der Waals surface area contributed by atoms with E-state index in [1.807, 2.05) is 12.1 Å². The number of furan rings is 2. The Balaban J connectivity index is 1.24. The second-order valence-corrected chi connectivity index (χ2v) is 14.0. The molecular weight excluding hydrogens is 671 g/mol. The first-order valence-electron chi connectivity index (χ1n) is 18.7. The van der Waals surface area contributed by atoms with E-state index in [-0.39, 0.29) is 0 Å². The lowest BCUT2D eigenvalue weighted by molar-refractivity contribution is 0.669. The van der Waals surface area contributed by atoms with Gasteiger partial charge in [-0.25, -0.2) is 0 Å². The molecule has 0 unspecified atom stereocenters. The Labute approximate surface area is 317 Å². The van der Waals surface area contributed by atoms with Crippen molar-refractivity contribution in [1.29, 1.82) is 0 Å². The van der Waals surface area contributed by atoms with Gasteiger partial charge < -0.3 is 13.7 Å². The van der Waals surface area contributed by atoms with E-state index >= 15 is 0 Å². The molecule has 2 aromatic heterocycles. The van der Waals surface area contributed by atoms with Gasteiger partial charge in [-0.15, -0.1) is 0 Å². The Morgan fingerprint density at radius 1 is 0.291 bits per heavy atom. The maximum atomic E-state index is 6.88. The average molecular weight is 704 g/mol. The van der Waals surface area contributed by atoms with Crippen LogP contribution in [0.3, 0.4) is 0 Å². The van der Waals surface area contributed by atoms with Gasteiger partial charge in [0.2, 0.25) is 0 Å². The highest BCUT2D eigenvalue weighted by Gasteiger charge is 2.26. The fourth-order valence-corrected chi connectivity index (χ4v) is 8.38. The van der Waals surface area contributed by atoms with Gasteiger partial charge in [0.15, 0.2) is 5.58 Å². The van der Waals surface area contributed by atoms with E-state index in [1.54, 1.807) is 0 Å². The molecule has 0 saturated carbocycles. The number of para-hydroxylation sites is 3. The molecule has 258 valence electrons. The van der Waals surface area contributed by atoms with Crippen molar-refractivity contribution in [3.8, 4) is 33.4 Å². The van der Waals surface area contributed by atoms with Gasteiger partial charge in [0.25, 0.3) is 0 Å². The van der Waals surface area contributed by atoms with Crippen molar-refractivity contribution in [3.63, 3.8) is 0 Å². The van der Waals surface area contributed by atoms with Crippen molar-refractivity contribution >= 4 is 71.7 Å². The van der Waals surface area contributed by atoms with Crippen LogP contribution in [0, 0.1) is 0 Å². The summed E-state index contributed by atoms with van der Waals surface area (Å²) in [5, 5.41) is 6.52. The number of rotatable bonds is 6. The van der Waals surface area contributed by atoms with Crippen LogP contribution in [0.1, 0.15) is 0 Å². The van der Waals surface area contributed by atoms with Crippen LogP contribution in [0.2, 0.25) is 0 Å². The molecule has 3 heteroatoms. The lowest BCUT2D eigenvalue weighted by Gasteiger charge is -2.28. The number of hydrogen-bond acceptors (Lipinski definition) is 3. The highest BCUT2D eigenvalue weighted by Crippen LogP contribution is 2.50. The first-order valence-corrected chi connectivity index (χ1v) is 18.7. The van der Waals surface area contributed by atoms with Crippen molar-refractivity contribution in [3.05, 3.63) is 200 Å². The van der Waals surface area contributed by atoms with Crippen LogP contribution in [0.15, 0.2) is 209 Å². The van der Waals surface area contributed by atoms with Gasteiger partial charge in [-0.1, -0.05) is 158 Å². The molecule has 0 atom stereocenters. The summed E-state index contributed by atoms with van der Waals surface area (Å²) < 4.78 is 13.7. The lowest BCUT2D eigenvalue weighted by Crippen LogP contribution is -2.12. The summed E-state index contributed by atoms with van der Waals surface area (Å²) in [6.45, 7) is 0. The molecule has 2 heterocycles. The summed E-state index contributed by atoms with van der Waals surface area (Å²) in [7, 11) is 0. The summed E-state index contributed by atoms with van der Waals surface area (Å²) in [5.74, 6) is 0. The highest BCUT2D eigenvalue weighted by atomic mass is 16.3. The molecule has 0 aliphatic heterocycles. The molecule has 0 fully saturated rings. The van der Waals surface area contributed by atoms with Crippen LogP contribution in [-0.4, -0.2) is 0 Å². The Bertz CT molecular complexity index is 3210. The Kier molecular flexibility index (Phi) is 7.17. The fourth-order valence-electron chi connectivity index (χ4n) is 8.38. The van der Waals surface area contributed by atoms with E-state index in [9.17, 15) is 0 Å². The van der Waals surface area contributed by atoms with Gasteiger partial charge in [0, 0.05) is 27.1 Å². The molecule has 0 amide bonds. The number of nitrogens with zero attached hydrogens (tertiary/aromatic N) is 1. The lowest BCUT2D eigenvalue weighted by atomic mass is 9.94. The van der Waals surface area contributed by atoms with Crippen LogP contribution >= 0.6 is 0 Å². The van der Waals surface area contributed by atoms with Gasteiger partial charge in [-0.05, 0) is 75.7 Å². The monoisotopic (exact) mass is 703 g/mol. The molecule has 9 aromatic carbocycles. The maximum absolute atomic E-state index is 6.88. The zero-order chi connectivity index (χ0) is 36.3. The van der Waals surface area contributed by atoms with E-state index in [1.165, 1.54) is 22.3 Å². The number of hydrogen-bond donors (Lipinski definition) is 0. The summed E-state index contributed by atoms with van der Waals surface area (Å²) in [5.41, 5.74) is 13.3. The van der Waals surface area contributed by atoms with Crippen LogP contribution in [0.5, 0.6) is 0 Å². The van der Waals surface area contributed by atoms with Crippen LogP contribution in [0.4, 0.5) is 17.1 Å². The van der Waals surface area contributed by atoms with Crippen molar-refractivity contribution in [1.82, 2.24) is 0 Å². The van der Waals surface area contributed by atoms with Crippen molar-refractivity contribution in [2.75, 3.05) is 4.90 Å². The number of anilines is 3. The third-order valence-electron chi connectivity index (χ3n) is 10.9. The normalized spacial score (nSPS) is 11.6. The van der Waals surface area contributed by atoms with E-state index in [2.05, 4.69) is 193 Å². The molecular formula is C52H33NO2. The van der Waals surface area contributed by atoms with Gasteiger partial charge >= 0.3 is 0 Å². The third-order valence-corrected chi connectivity index (χ3v) is 10.9. The summed E-state index contributed by atoms with van der Waals surface area (Å²) in [6, 6.07) is 70.8. The molecule has 0 bridgehead atoms. The zero-order valence-corrected chi connectivity index (χ0v) is 29.8. The predicted molar refractivity (Wildman–Crippen MR) is 229 cm³/mol. The third kappa shape index (κ3) is 5.05. The number of benzene rings is 9. The van der Waals surface area contributed by atoms with Crippen LogP contribution in [-0.2, 0) is 0 Å². The zero-order valence-electron chi connectivity index (χ0n) is 29.8. The SMILES string of the molecule is c1ccc(-c2cccc(-c3ccccc3N(c3cccc4c3oc3ccccc34)c3cccc4oc5c6ccccc6c(-c6ccccc6)cc5c34)c2)cc1. The molecule has 0 saturated heterocycles. The fraction of sp³-hybridized carbons (Fsp3) is 0. The standard InChI is InChI=1S/C52H33NO2/c1-3-16-34(17-4-1)36-20-13-21-37(32-36)38-22-9-11-27-45(38)53(47-29-14-26-42-40-24-10-12-30-48(40)54-52(42)47)46-28-15-31-49-50(46)44-33-43(35-18-5-2-6-19-35)39-23-7-8-25-41(39)51(44)55-49/h1-33H. The second kappa shape index (κ2) is 12.6. The minimum atomic E-state index is 0.827. The van der Waals surface area contributed by atoms with Gasteiger partial charge in [0.1, 0.15) is 16.7 Å². The Morgan fingerprint density at radius 2 is 0.836 bits per heavy atom. The molecule has 11 aromatic rings.